The SMILES string of the molecule is COC(=O)c1sc2c(C)ccn2c1C. The molecular weight excluding hydrogens is 198 g/mol. The highest BCUT2D eigenvalue weighted by molar-refractivity contribution is 7.19. The van der Waals surface area contributed by atoms with Crippen LogP contribution in [0, 0.1) is 13.8 Å². The zero-order valence-corrected chi connectivity index (χ0v) is 9.14. The quantitative estimate of drug-likeness (QED) is 0.675. The molecule has 4 heteroatoms. The van der Waals surface area contributed by atoms with Crippen molar-refractivity contribution in [1.82, 2.24) is 4.40 Å². The summed E-state index contributed by atoms with van der Waals surface area (Å²) in [5, 5.41) is 0. The molecule has 0 aromatic carbocycles. The van der Waals surface area contributed by atoms with Gasteiger partial charge in [-0.15, -0.1) is 11.3 Å². The van der Waals surface area contributed by atoms with E-state index in [1.165, 1.54) is 24.0 Å². The molecule has 2 heterocycles. The average Bonchev–Trinajstić information content (AvgIpc) is 2.69. The zero-order chi connectivity index (χ0) is 10.3. The van der Waals surface area contributed by atoms with E-state index in [0.717, 1.165) is 10.5 Å². The van der Waals surface area contributed by atoms with Crippen LogP contribution in [-0.2, 0) is 4.74 Å². The molecule has 0 spiro atoms. The summed E-state index contributed by atoms with van der Waals surface area (Å²) in [4.78, 5) is 13.2. The Hall–Kier alpha value is -1.29. The molecule has 0 fully saturated rings. The fourth-order valence-corrected chi connectivity index (χ4v) is 2.60. The second kappa shape index (κ2) is 3.13. The molecule has 74 valence electrons. The number of ether oxygens (including phenoxy) is 1. The van der Waals surface area contributed by atoms with Crippen LogP contribution in [0.15, 0.2) is 12.3 Å². The van der Waals surface area contributed by atoms with Crippen LogP contribution in [-0.4, -0.2) is 17.5 Å². The summed E-state index contributed by atoms with van der Waals surface area (Å²) < 4.78 is 6.73. The van der Waals surface area contributed by atoms with Gasteiger partial charge in [0.1, 0.15) is 9.71 Å². The molecule has 0 bridgehead atoms. The molecule has 0 aliphatic heterocycles. The zero-order valence-electron chi connectivity index (χ0n) is 8.33. The predicted octanol–water partition coefficient (Wildman–Crippen LogP) is 2.40. The third-order valence-corrected chi connectivity index (χ3v) is 3.67. The largest absolute Gasteiger partial charge is 0.465 e. The van der Waals surface area contributed by atoms with Gasteiger partial charge in [-0.2, -0.15) is 0 Å². The first-order chi connectivity index (χ1) is 6.65. The number of aromatic nitrogens is 1. The van der Waals surface area contributed by atoms with Gasteiger partial charge >= 0.3 is 5.97 Å². The third kappa shape index (κ3) is 1.14. The van der Waals surface area contributed by atoms with Gasteiger partial charge in [-0.05, 0) is 25.5 Å². The number of esters is 1. The summed E-state index contributed by atoms with van der Waals surface area (Å²) >= 11 is 1.48. The number of nitrogens with zero attached hydrogens (tertiary/aromatic N) is 1. The van der Waals surface area contributed by atoms with Gasteiger partial charge in [0, 0.05) is 11.9 Å². The summed E-state index contributed by atoms with van der Waals surface area (Å²) in [7, 11) is 1.41. The maximum Gasteiger partial charge on any atom is 0.349 e. The van der Waals surface area contributed by atoms with Gasteiger partial charge < -0.3 is 9.14 Å². The molecular formula is C10H11NO2S. The van der Waals surface area contributed by atoms with Gasteiger partial charge in [0.05, 0.1) is 7.11 Å². The number of aryl methyl sites for hydroxylation is 2. The molecule has 2 aromatic rings. The van der Waals surface area contributed by atoms with Crippen molar-refractivity contribution in [3.63, 3.8) is 0 Å². The molecule has 0 saturated carbocycles. The van der Waals surface area contributed by atoms with Crippen LogP contribution in [0.2, 0.25) is 0 Å². The summed E-state index contributed by atoms with van der Waals surface area (Å²) in [6, 6.07) is 2.04. The Bertz CT molecular complexity index is 495. The van der Waals surface area contributed by atoms with E-state index in [-0.39, 0.29) is 5.97 Å². The van der Waals surface area contributed by atoms with Gasteiger partial charge in [0.15, 0.2) is 0 Å². The van der Waals surface area contributed by atoms with E-state index in [2.05, 4.69) is 0 Å². The van der Waals surface area contributed by atoms with E-state index in [4.69, 9.17) is 4.74 Å². The Kier molecular flexibility index (Phi) is 2.07. The Balaban J connectivity index is 2.68. The predicted molar refractivity (Wildman–Crippen MR) is 56.1 cm³/mol. The van der Waals surface area contributed by atoms with E-state index in [9.17, 15) is 4.79 Å². The number of rotatable bonds is 1. The number of hydrogen-bond acceptors (Lipinski definition) is 3. The molecule has 0 N–H and O–H groups in total. The number of hydrogen-bond donors (Lipinski definition) is 0. The van der Waals surface area contributed by atoms with Gasteiger partial charge in [0.25, 0.3) is 0 Å². The monoisotopic (exact) mass is 209 g/mol. The summed E-state index contributed by atoms with van der Waals surface area (Å²) in [5.74, 6) is -0.254. The van der Waals surface area contributed by atoms with Crippen molar-refractivity contribution in [2.75, 3.05) is 7.11 Å². The molecule has 14 heavy (non-hydrogen) atoms. The maximum absolute atomic E-state index is 11.4. The number of fused-ring (bicyclic) bond motifs is 1. The normalized spacial score (nSPS) is 10.8. The summed E-state index contributed by atoms with van der Waals surface area (Å²) in [6.07, 6.45) is 1.98. The first-order valence-corrected chi connectivity index (χ1v) is 5.12. The van der Waals surface area contributed by atoms with E-state index in [1.54, 1.807) is 0 Å². The Morgan fingerprint density at radius 1 is 1.50 bits per heavy atom. The van der Waals surface area contributed by atoms with Gasteiger partial charge in [-0.25, -0.2) is 4.79 Å². The molecule has 0 unspecified atom stereocenters. The topological polar surface area (TPSA) is 30.7 Å². The Morgan fingerprint density at radius 2 is 2.21 bits per heavy atom. The smallest absolute Gasteiger partial charge is 0.349 e. The van der Waals surface area contributed by atoms with E-state index in [0.29, 0.717) is 4.88 Å². The van der Waals surface area contributed by atoms with Crippen LogP contribution in [0.25, 0.3) is 4.83 Å². The molecule has 2 rings (SSSR count). The number of carbonyl (C=O) groups excluding carboxylic acids is 1. The first-order valence-electron chi connectivity index (χ1n) is 4.30. The van der Waals surface area contributed by atoms with Crippen molar-refractivity contribution in [2.24, 2.45) is 0 Å². The Morgan fingerprint density at radius 3 is 2.79 bits per heavy atom. The molecule has 0 radical (unpaired) electrons. The van der Waals surface area contributed by atoms with Crippen LogP contribution in [0.1, 0.15) is 20.9 Å². The minimum Gasteiger partial charge on any atom is -0.465 e. The Labute approximate surface area is 85.9 Å². The number of methoxy groups -OCH3 is 1. The molecule has 2 aromatic heterocycles. The fourth-order valence-electron chi connectivity index (χ4n) is 1.47. The highest BCUT2D eigenvalue weighted by Gasteiger charge is 2.16. The van der Waals surface area contributed by atoms with Gasteiger partial charge in [-0.3, -0.25) is 0 Å². The standard InChI is InChI=1S/C10H11NO2S/c1-6-4-5-11-7(2)8(10(12)13-3)14-9(6)11/h4-5H,1-3H3. The lowest BCUT2D eigenvalue weighted by atomic mass is 10.4. The van der Waals surface area contributed by atoms with Crippen LogP contribution in [0.5, 0.6) is 0 Å². The molecule has 0 amide bonds. The van der Waals surface area contributed by atoms with Crippen molar-refractivity contribution < 1.29 is 9.53 Å². The summed E-state index contributed by atoms with van der Waals surface area (Å²) in [6.45, 7) is 3.96. The second-order valence-electron chi connectivity index (χ2n) is 3.18. The van der Waals surface area contributed by atoms with Crippen LogP contribution in [0.3, 0.4) is 0 Å². The highest BCUT2D eigenvalue weighted by Crippen LogP contribution is 2.26. The molecule has 0 atom stereocenters. The first kappa shape index (κ1) is 9.27. The molecule has 0 aliphatic rings. The lowest BCUT2D eigenvalue weighted by Gasteiger charge is -1.95. The average molecular weight is 209 g/mol. The van der Waals surface area contributed by atoms with Crippen molar-refractivity contribution in [1.29, 1.82) is 0 Å². The number of thiazole rings is 1. The second-order valence-corrected chi connectivity index (χ2v) is 4.18. The van der Waals surface area contributed by atoms with Crippen LogP contribution in [0.4, 0.5) is 0 Å². The van der Waals surface area contributed by atoms with Gasteiger partial charge in [-0.1, -0.05) is 0 Å². The lowest BCUT2D eigenvalue weighted by Crippen LogP contribution is -2.00. The lowest BCUT2D eigenvalue weighted by molar-refractivity contribution is 0.0605. The van der Waals surface area contributed by atoms with Crippen molar-refractivity contribution >= 4 is 22.1 Å². The van der Waals surface area contributed by atoms with E-state index in [1.807, 2.05) is 30.5 Å². The van der Waals surface area contributed by atoms with Crippen molar-refractivity contribution in [2.45, 2.75) is 13.8 Å². The highest BCUT2D eigenvalue weighted by atomic mass is 32.1. The minimum atomic E-state index is -0.254. The van der Waals surface area contributed by atoms with Crippen molar-refractivity contribution in [3.8, 4) is 0 Å². The third-order valence-electron chi connectivity index (χ3n) is 2.29. The summed E-state index contributed by atoms with van der Waals surface area (Å²) in [5.41, 5.74) is 2.14. The molecule has 3 nitrogen and oxygen atoms in total. The van der Waals surface area contributed by atoms with Crippen LogP contribution < -0.4 is 0 Å². The fraction of sp³-hybridized carbons (Fsp3) is 0.300. The molecule has 0 saturated heterocycles. The number of carbonyl (C=O) groups is 1. The van der Waals surface area contributed by atoms with E-state index >= 15 is 0 Å². The van der Waals surface area contributed by atoms with Gasteiger partial charge in [0.2, 0.25) is 0 Å². The van der Waals surface area contributed by atoms with Crippen LogP contribution >= 0.6 is 11.3 Å². The van der Waals surface area contributed by atoms with Crippen molar-refractivity contribution in [3.05, 3.63) is 28.4 Å². The van der Waals surface area contributed by atoms with E-state index < -0.39 is 0 Å². The minimum absolute atomic E-state index is 0.254. The maximum atomic E-state index is 11.4. The molecule has 0 aliphatic carbocycles.